The van der Waals surface area contributed by atoms with Crippen LogP contribution in [-0.4, -0.2) is 105 Å². The third-order valence-electron chi connectivity index (χ3n) is 13.7. The summed E-state index contributed by atoms with van der Waals surface area (Å²) in [6, 6.07) is 25.0. The molecular weight excluding hydrogens is 959 g/mol. The Bertz CT molecular complexity index is 2800. The summed E-state index contributed by atoms with van der Waals surface area (Å²) in [6.45, 7) is 14.9. The molecule has 0 radical (unpaired) electrons. The number of nitrogens with zero attached hydrogens (tertiary/aromatic N) is 3. The summed E-state index contributed by atoms with van der Waals surface area (Å²) in [5, 5.41) is 37.5. The number of aryl methyl sites for hydroxylation is 1. The number of phenols is 2. The largest absolute Gasteiger partial charge is 0.508 e. The zero-order chi connectivity index (χ0) is 52.2. The number of fused-ring (bicyclic) bond motifs is 1. The van der Waals surface area contributed by atoms with Gasteiger partial charge in [0.05, 0.1) is 28.2 Å². The number of likely N-dealkylation sites (tertiary alicyclic amines) is 1. The van der Waals surface area contributed by atoms with Crippen LogP contribution in [0.5, 0.6) is 17.2 Å². The lowest BCUT2D eigenvalue weighted by molar-refractivity contribution is -0.144. The van der Waals surface area contributed by atoms with Gasteiger partial charge in [-0.3, -0.25) is 19.2 Å². The van der Waals surface area contributed by atoms with E-state index in [9.17, 15) is 34.5 Å². The summed E-state index contributed by atoms with van der Waals surface area (Å²) in [4.78, 5) is 65.1. The molecule has 2 aromatic heterocycles. The number of carbonyl (C=O) groups is 4. The fourth-order valence-corrected chi connectivity index (χ4v) is 11.5. The molecule has 0 spiro atoms. The van der Waals surface area contributed by atoms with Crippen molar-refractivity contribution in [1.82, 2.24) is 25.4 Å². The first-order valence-corrected chi connectivity index (χ1v) is 27.3. The van der Waals surface area contributed by atoms with Crippen LogP contribution in [0.25, 0.3) is 31.0 Å². The molecule has 388 valence electrons. The highest BCUT2D eigenvalue weighted by Crippen LogP contribution is 2.42. The molecule has 1 aliphatic rings. The predicted molar refractivity (Wildman–Crippen MR) is 291 cm³/mol. The number of rotatable bonds is 24. The van der Waals surface area contributed by atoms with Crippen LogP contribution in [0.3, 0.4) is 0 Å². The molecule has 73 heavy (non-hydrogen) atoms. The van der Waals surface area contributed by atoms with E-state index in [0.717, 1.165) is 107 Å². The zero-order valence-corrected chi connectivity index (χ0v) is 44.6. The average Bonchev–Trinajstić information content (AvgIpc) is 4.10. The molecule has 15 heteroatoms. The second kappa shape index (κ2) is 25.2. The predicted octanol–water partition coefficient (Wildman–Crippen LogP) is 10.8. The van der Waals surface area contributed by atoms with E-state index in [2.05, 4.69) is 27.4 Å². The third-order valence-corrected chi connectivity index (χ3v) is 15.9. The molecule has 4 aromatic carbocycles. The number of benzene rings is 4. The van der Waals surface area contributed by atoms with Gasteiger partial charge in [-0.2, -0.15) is 0 Å². The Balaban J connectivity index is 0.781. The van der Waals surface area contributed by atoms with Gasteiger partial charge in [-0.15, -0.1) is 22.7 Å². The van der Waals surface area contributed by atoms with Crippen molar-refractivity contribution in [1.29, 1.82) is 0 Å². The monoisotopic (exact) mass is 1030 g/mol. The summed E-state index contributed by atoms with van der Waals surface area (Å²) in [6.07, 6.45) is 6.64. The Hall–Kier alpha value is -6.13. The summed E-state index contributed by atoms with van der Waals surface area (Å²) in [7, 11) is 0. The molecule has 6 aromatic rings. The number of hydrogen-bond donors (Lipinski definition) is 5. The quantitative estimate of drug-likeness (QED) is 0.0289. The van der Waals surface area contributed by atoms with Crippen LogP contribution in [0.15, 0.2) is 96.5 Å². The summed E-state index contributed by atoms with van der Waals surface area (Å²) < 4.78 is 6.91. The summed E-state index contributed by atoms with van der Waals surface area (Å²) >= 11 is 3.02. The highest BCUT2D eigenvalue weighted by molar-refractivity contribution is 7.22. The fourth-order valence-electron chi connectivity index (χ4n) is 9.45. The van der Waals surface area contributed by atoms with Gasteiger partial charge in [-0.1, -0.05) is 84.1 Å². The van der Waals surface area contributed by atoms with Gasteiger partial charge in [0, 0.05) is 52.0 Å². The van der Waals surface area contributed by atoms with E-state index in [0.29, 0.717) is 29.9 Å². The Kier molecular flexibility index (Phi) is 18.9. The maximum Gasteiger partial charge on any atom is 0.246 e. The van der Waals surface area contributed by atoms with Crippen LogP contribution >= 0.6 is 22.7 Å². The lowest BCUT2D eigenvalue weighted by Crippen LogP contribution is -2.57. The average molecular weight is 1030 g/mol. The number of unbranched alkanes of at least 4 members (excludes halogenated alkanes) is 6. The molecule has 7 rings (SSSR count). The Morgan fingerprint density at radius 1 is 0.822 bits per heavy atom. The molecule has 3 amide bonds. The lowest BCUT2D eigenvalue weighted by Gasteiger charge is -2.35. The number of ether oxygens (including phenoxy) is 1. The van der Waals surface area contributed by atoms with E-state index in [1.165, 1.54) is 16.2 Å². The van der Waals surface area contributed by atoms with E-state index in [1.54, 1.807) is 65.9 Å². The number of amides is 3. The molecular formula is C58H71N5O8S2. The van der Waals surface area contributed by atoms with Crippen molar-refractivity contribution in [3.05, 3.63) is 119 Å². The van der Waals surface area contributed by atoms with Gasteiger partial charge in [0.2, 0.25) is 17.7 Å². The number of hydrogen-bond acceptors (Lipinski definition) is 12. The van der Waals surface area contributed by atoms with Gasteiger partial charge in [-0.25, -0.2) is 4.98 Å². The first-order valence-electron chi connectivity index (χ1n) is 25.6. The van der Waals surface area contributed by atoms with Crippen LogP contribution in [0.1, 0.15) is 126 Å². The number of aromatic hydroxyl groups is 2. The number of nitrogens with one attached hydrogen (secondary N) is 2. The van der Waals surface area contributed by atoms with Gasteiger partial charge in [0.15, 0.2) is 5.78 Å². The molecule has 0 unspecified atom stereocenters. The third kappa shape index (κ3) is 14.3. The van der Waals surface area contributed by atoms with Crippen molar-refractivity contribution in [2.45, 2.75) is 124 Å². The van der Waals surface area contributed by atoms with Crippen molar-refractivity contribution >= 4 is 56.3 Å². The Morgan fingerprint density at radius 2 is 1.47 bits per heavy atom. The molecule has 1 aliphatic heterocycles. The lowest BCUT2D eigenvalue weighted by atomic mass is 9.85. The van der Waals surface area contributed by atoms with Crippen molar-refractivity contribution < 1.29 is 39.2 Å². The molecule has 0 saturated carbocycles. The van der Waals surface area contributed by atoms with Crippen LogP contribution in [0.2, 0.25) is 0 Å². The van der Waals surface area contributed by atoms with Gasteiger partial charge < -0.3 is 40.5 Å². The van der Waals surface area contributed by atoms with Crippen molar-refractivity contribution in [2.75, 3.05) is 32.8 Å². The first-order chi connectivity index (χ1) is 35.0. The van der Waals surface area contributed by atoms with E-state index >= 15 is 0 Å². The second-order valence-corrected chi connectivity index (χ2v) is 22.2. The van der Waals surface area contributed by atoms with Crippen molar-refractivity contribution in [3.8, 4) is 38.1 Å². The smallest absolute Gasteiger partial charge is 0.246 e. The Labute approximate surface area is 437 Å². The van der Waals surface area contributed by atoms with Gasteiger partial charge in [0.25, 0.3) is 0 Å². The number of ketones is 1. The highest BCUT2D eigenvalue weighted by Gasteiger charge is 2.44. The van der Waals surface area contributed by atoms with Crippen LogP contribution in [0, 0.1) is 12.3 Å². The fraction of sp³-hybridized carbons (Fsp3) is 0.431. The minimum atomic E-state index is -0.857. The van der Waals surface area contributed by atoms with Gasteiger partial charge in [0.1, 0.15) is 35.9 Å². The number of aliphatic hydroxyl groups excluding tert-OH is 1. The molecule has 13 nitrogen and oxygen atoms in total. The topological polar surface area (TPSA) is 182 Å². The maximum absolute atomic E-state index is 14.1. The van der Waals surface area contributed by atoms with E-state index in [-0.39, 0.29) is 54.0 Å². The minimum Gasteiger partial charge on any atom is -0.508 e. The SMILES string of the molecule is CCN(CCCCCCCCCC(=O)N[C@H](C(=O)N1C[C@H](O)C[C@H]1C(=O)N[C@@H](C)c1ccc(-c2scnc2C)cc1)C(C)(C)C)CCOc1ccc(C(=O)c2c(-c3ccc(O)cc3)sc3cc(O)ccc23)cc1. The van der Waals surface area contributed by atoms with Crippen LogP contribution in [-0.2, 0) is 14.4 Å². The number of aromatic nitrogens is 1. The second-order valence-electron chi connectivity index (χ2n) is 20.3. The number of β-amino-alcohol motifs (C(OH)–C–C–N with tert-alkyl or cyclic N) is 1. The molecule has 5 N–H and O–H groups in total. The number of thiophene rings is 1. The highest BCUT2D eigenvalue weighted by atomic mass is 32.1. The van der Waals surface area contributed by atoms with Gasteiger partial charge in [-0.05, 0) is 129 Å². The molecule has 1 saturated heterocycles. The van der Waals surface area contributed by atoms with Crippen LogP contribution in [0.4, 0.5) is 0 Å². The summed E-state index contributed by atoms with van der Waals surface area (Å²) in [5.74, 6) is -0.0445. The molecule has 0 bridgehead atoms. The Morgan fingerprint density at radius 3 is 2.12 bits per heavy atom. The number of aliphatic hydroxyl groups is 1. The number of thiazole rings is 1. The normalized spacial score (nSPS) is 15.6. The first kappa shape index (κ1) is 54.6. The molecule has 4 atom stereocenters. The number of carbonyl (C=O) groups excluding carboxylic acids is 4. The number of likely N-dealkylation sites (N-methyl/N-ethyl adjacent to an activating group) is 1. The summed E-state index contributed by atoms with van der Waals surface area (Å²) in [5.41, 5.74) is 6.06. The van der Waals surface area contributed by atoms with Crippen molar-refractivity contribution in [3.63, 3.8) is 0 Å². The van der Waals surface area contributed by atoms with Crippen LogP contribution < -0.4 is 15.4 Å². The maximum atomic E-state index is 14.1. The zero-order valence-electron chi connectivity index (χ0n) is 43.0. The van der Waals surface area contributed by atoms with E-state index in [4.69, 9.17) is 4.74 Å². The van der Waals surface area contributed by atoms with Crippen molar-refractivity contribution in [2.24, 2.45) is 5.41 Å². The minimum absolute atomic E-state index is 0.0268. The van der Waals surface area contributed by atoms with E-state index in [1.807, 2.05) is 76.5 Å². The molecule has 0 aliphatic carbocycles. The van der Waals surface area contributed by atoms with E-state index < -0.39 is 23.6 Å². The number of phenolic OH excluding ortho intramolecular Hbond substituents is 2. The standard InChI is InChI=1S/C58H71N5O8S2/c1-7-62(31-32-71-46-27-22-40(23-28-46)52(68)51-47-29-26-44(65)34-49(47)73-54(51)42-20-24-43(64)25-21-42)30-14-12-10-8-9-11-13-15-50(67)61-55(58(4,5)6)57(70)63-35-45(66)33-48(63)56(69)60-37(2)39-16-18-41(19-17-39)53-38(3)59-36-72-53/h16-29,34,36-37,45,48,55,64-66H,7-15,30-33,35H2,1-6H3,(H,60,69)(H,61,67)/t37-,45+,48-,55+/m0/s1. The molecule has 1 fully saturated rings. The molecule has 3 heterocycles. The van der Waals surface area contributed by atoms with Gasteiger partial charge >= 0.3 is 0 Å².